The molecule has 0 aliphatic heterocycles. The number of aryl methyl sites for hydroxylation is 1. The summed E-state index contributed by atoms with van der Waals surface area (Å²) in [6.45, 7) is 7.59. The molecule has 80 valence electrons. The number of nitrogens with two attached hydrogens (primary N) is 1. The normalized spacial score (nSPS) is 15.4. The zero-order chi connectivity index (χ0) is 10.6. The summed E-state index contributed by atoms with van der Waals surface area (Å²) < 4.78 is 7.49. The summed E-state index contributed by atoms with van der Waals surface area (Å²) in [6, 6.07) is -0.148. The molecule has 0 spiro atoms. The van der Waals surface area contributed by atoms with Gasteiger partial charge in [-0.3, -0.25) is 0 Å². The lowest BCUT2D eigenvalue weighted by Gasteiger charge is -2.19. The van der Waals surface area contributed by atoms with Gasteiger partial charge in [0, 0.05) is 25.5 Å². The second-order valence-electron chi connectivity index (χ2n) is 3.26. The van der Waals surface area contributed by atoms with Crippen LogP contribution in [0, 0.1) is 0 Å². The average Bonchev–Trinajstić information content (AvgIpc) is 2.64. The van der Waals surface area contributed by atoms with Gasteiger partial charge in [-0.1, -0.05) is 0 Å². The van der Waals surface area contributed by atoms with Crippen LogP contribution in [-0.2, 0) is 11.3 Å². The van der Waals surface area contributed by atoms with Crippen LogP contribution >= 0.6 is 0 Å². The molecule has 0 aliphatic rings. The minimum atomic E-state index is -0.148. The van der Waals surface area contributed by atoms with Crippen LogP contribution in [0.5, 0.6) is 0 Å². The van der Waals surface area contributed by atoms with Crippen molar-refractivity contribution < 1.29 is 4.74 Å². The van der Waals surface area contributed by atoms with E-state index in [0.717, 1.165) is 12.4 Å². The monoisotopic (exact) mass is 197 g/mol. The van der Waals surface area contributed by atoms with E-state index in [1.807, 2.05) is 24.6 Å². The second-order valence-corrected chi connectivity index (χ2v) is 3.26. The first-order valence-corrected chi connectivity index (χ1v) is 5.08. The van der Waals surface area contributed by atoms with Gasteiger partial charge in [0.1, 0.15) is 5.82 Å². The fourth-order valence-electron chi connectivity index (χ4n) is 1.46. The van der Waals surface area contributed by atoms with Crippen LogP contribution in [0.3, 0.4) is 0 Å². The van der Waals surface area contributed by atoms with Gasteiger partial charge in [0.25, 0.3) is 0 Å². The number of hydrogen-bond acceptors (Lipinski definition) is 3. The Morgan fingerprint density at radius 2 is 2.29 bits per heavy atom. The summed E-state index contributed by atoms with van der Waals surface area (Å²) in [6.07, 6.45) is 3.72. The lowest BCUT2D eigenvalue weighted by molar-refractivity contribution is 0.0546. The predicted octanol–water partition coefficient (Wildman–Crippen LogP) is 1.33. The molecule has 0 saturated carbocycles. The van der Waals surface area contributed by atoms with E-state index in [2.05, 4.69) is 11.9 Å². The highest BCUT2D eigenvalue weighted by Crippen LogP contribution is 2.14. The zero-order valence-corrected chi connectivity index (χ0v) is 9.10. The van der Waals surface area contributed by atoms with E-state index in [0.29, 0.717) is 6.61 Å². The average molecular weight is 197 g/mol. The highest BCUT2D eigenvalue weighted by atomic mass is 16.5. The van der Waals surface area contributed by atoms with Crippen LogP contribution < -0.4 is 5.73 Å². The summed E-state index contributed by atoms with van der Waals surface area (Å²) in [5.41, 5.74) is 6.04. The third-order valence-corrected chi connectivity index (χ3v) is 2.32. The minimum Gasteiger partial charge on any atom is -0.377 e. The van der Waals surface area contributed by atoms with Gasteiger partial charge in [0.15, 0.2) is 0 Å². The Labute approximate surface area is 85.1 Å². The van der Waals surface area contributed by atoms with Crippen molar-refractivity contribution in [3.05, 3.63) is 18.2 Å². The summed E-state index contributed by atoms with van der Waals surface area (Å²) in [4.78, 5) is 4.25. The van der Waals surface area contributed by atoms with Crippen LogP contribution in [0.4, 0.5) is 0 Å². The smallest absolute Gasteiger partial charge is 0.128 e. The molecule has 0 aromatic carbocycles. The molecule has 0 aliphatic carbocycles. The minimum absolute atomic E-state index is 0.00713. The van der Waals surface area contributed by atoms with E-state index in [1.165, 1.54) is 0 Å². The van der Waals surface area contributed by atoms with Crippen LogP contribution in [0.15, 0.2) is 12.4 Å². The Kier molecular flexibility index (Phi) is 4.10. The second kappa shape index (κ2) is 5.12. The molecule has 1 aromatic rings. The van der Waals surface area contributed by atoms with Crippen LogP contribution in [0.2, 0.25) is 0 Å². The van der Waals surface area contributed by atoms with E-state index in [-0.39, 0.29) is 12.1 Å². The summed E-state index contributed by atoms with van der Waals surface area (Å²) in [5.74, 6) is 0.897. The Balaban J connectivity index is 2.72. The van der Waals surface area contributed by atoms with E-state index in [4.69, 9.17) is 10.5 Å². The van der Waals surface area contributed by atoms with Gasteiger partial charge in [0.05, 0.1) is 12.1 Å². The zero-order valence-electron chi connectivity index (χ0n) is 9.10. The lowest BCUT2D eigenvalue weighted by Crippen LogP contribution is -2.29. The molecule has 2 unspecified atom stereocenters. The van der Waals surface area contributed by atoms with Crippen LogP contribution in [0.1, 0.15) is 32.6 Å². The molecule has 4 nitrogen and oxygen atoms in total. The Morgan fingerprint density at radius 1 is 1.57 bits per heavy atom. The maximum Gasteiger partial charge on any atom is 0.128 e. The number of aromatic nitrogens is 2. The van der Waals surface area contributed by atoms with Crippen molar-refractivity contribution >= 4 is 0 Å². The molecular weight excluding hydrogens is 178 g/mol. The van der Waals surface area contributed by atoms with Crippen LogP contribution in [0.25, 0.3) is 0 Å². The summed E-state index contributed by atoms with van der Waals surface area (Å²) in [5, 5.41) is 0. The fraction of sp³-hybridized carbons (Fsp3) is 0.700. The summed E-state index contributed by atoms with van der Waals surface area (Å²) in [7, 11) is 0. The molecule has 0 amide bonds. The Morgan fingerprint density at radius 3 is 2.86 bits per heavy atom. The van der Waals surface area contributed by atoms with Gasteiger partial charge in [-0.15, -0.1) is 0 Å². The molecule has 1 rings (SSSR count). The van der Waals surface area contributed by atoms with Crippen molar-refractivity contribution in [3.63, 3.8) is 0 Å². The van der Waals surface area contributed by atoms with Gasteiger partial charge in [-0.25, -0.2) is 4.98 Å². The Hall–Kier alpha value is -0.870. The number of nitrogens with zero attached hydrogens (tertiary/aromatic N) is 2. The van der Waals surface area contributed by atoms with Gasteiger partial charge in [-0.05, 0) is 20.8 Å². The Bertz CT molecular complexity index is 272. The van der Waals surface area contributed by atoms with Crippen molar-refractivity contribution in [2.45, 2.75) is 39.5 Å². The van der Waals surface area contributed by atoms with Crippen molar-refractivity contribution in [1.29, 1.82) is 0 Å². The quantitative estimate of drug-likeness (QED) is 0.774. The van der Waals surface area contributed by atoms with Gasteiger partial charge < -0.3 is 15.0 Å². The molecule has 0 bridgehead atoms. The van der Waals surface area contributed by atoms with Crippen molar-refractivity contribution in [2.75, 3.05) is 6.61 Å². The molecule has 4 heteroatoms. The molecule has 0 fully saturated rings. The van der Waals surface area contributed by atoms with Gasteiger partial charge >= 0.3 is 0 Å². The SMILES string of the molecule is CCOC(C)C(N)c1nccn1CC. The van der Waals surface area contributed by atoms with Crippen molar-refractivity contribution in [1.82, 2.24) is 9.55 Å². The van der Waals surface area contributed by atoms with Crippen LogP contribution in [-0.4, -0.2) is 22.3 Å². The molecule has 0 radical (unpaired) electrons. The maximum absolute atomic E-state index is 6.04. The highest BCUT2D eigenvalue weighted by Gasteiger charge is 2.18. The molecular formula is C10H19N3O. The first kappa shape index (κ1) is 11.2. The molecule has 0 saturated heterocycles. The number of ether oxygens (including phenoxy) is 1. The maximum atomic E-state index is 6.04. The van der Waals surface area contributed by atoms with E-state index >= 15 is 0 Å². The standard InChI is InChI=1S/C10H19N3O/c1-4-13-7-6-12-10(13)9(11)8(3)14-5-2/h6-9H,4-5,11H2,1-3H3. The topological polar surface area (TPSA) is 53.1 Å². The first-order valence-electron chi connectivity index (χ1n) is 5.08. The molecule has 2 atom stereocenters. The molecule has 2 N–H and O–H groups in total. The van der Waals surface area contributed by atoms with E-state index in [9.17, 15) is 0 Å². The van der Waals surface area contributed by atoms with Crippen molar-refractivity contribution in [3.8, 4) is 0 Å². The third-order valence-electron chi connectivity index (χ3n) is 2.32. The van der Waals surface area contributed by atoms with Gasteiger partial charge in [0.2, 0.25) is 0 Å². The van der Waals surface area contributed by atoms with Crippen molar-refractivity contribution in [2.24, 2.45) is 5.73 Å². The fourth-order valence-corrected chi connectivity index (χ4v) is 1.46. The highest BCUT2D eigenvalue weighted by molar-refractivity contribution is 5.00. The summed E-state index contributed by atoms with van der Waals surface area (Å²) >= 11 is 0. The number of hydrogen-bond donors (Lipinski definition) is 1. The molecule has 14 heavy (non-hydrogen) atoms. The van der Waals surface area contributed by atoms with Gasteiger partial charge in [-0.2, -0.15) is 0 Å². The predicted molar refractivity (Wildman–Crippen MR) is 55.9 cm³/mol. The molecule has 1 heterocycles. The van der Waals surface area contributed by atoms with E-state index < -0.39 is 0 Å². The number of rotatable bonds is 5. The van der Waals surface area contributed by atoms with E-state index in [1.54, 1.807) is 6.20 Å². The largest absolute Gasteiger partial charge is 0.377 e. The first-order chi connectivity index (χ1) is 6.70. The molecule has 1 aromatic heterocycles. The number of imidazole rings is 1. The third kappa shape index (κ3) is 2.33. The lowest BCUT2D eigenvalue weighted by atomic mass is 10.2.